The Hall–Kier alpha value is -1.64. The van der Waals surface area contributed by atoms with E-state index in [0.717, 1.165) is 37.3 Å². The van der Waals surface area contributed by atoms with Gasteiger partial charge in [-0.25, -0.2) is 0 Å². The molecule has 0 spiro atoms. The van der Waals surface area contributed by atoms with Crippen molar-refractivity contribution in [2.75, 3.05) is 5.32 Å². The Balaban J connectivity index is 0.000000885. The number of Topliss-reactive ketones (excluding diaryl/α,β-unsaturated/α-hetero) is 1. The topological polar surface area (TPSA) is 46.2 Å². The van der Waals surface area contributed by atoms with Crippen LogP contribution in [0.3, 0.4) is 0 Å². The van der Waals surface area contributed by atoms with Crippen molar-refractivity contribution < 1.29 is 9.59 Å². The minimum atomic E-state index is 0.266. The summed E-state index contributed by atoms with van der Waals surface area (Å²) in [7, 11) is 0. The van der Waals surface area contributed by atoms with Crippen LogP contribution in [0.5, 0.6) is 0 Å². The molecule has 0 aromatic heterocycles. The fraction of sp³-hybridized carbons (Fsp3) is 0.556. The number of hydrogen-bond acceptors (Lipinski definition) is 2. The zero-order valence-electron chi connectivity index (χ0n) is 13.8. The molecule has 0 saturated carbocycles. The van der Waals surface area contributed by atoms with E-state index in [0.29, 0.717) is 12.8 Å². The summed E-state index contributed by atoms with van der Waals surface area (Å²) >= 11 is 0. The highest BCUT2D eigenvalue weighted by molar-refractivity contribution is 5.75. The third-order valence-electron chi connectivity index (χ3n) is 2.65. The first-order chi connectivity index (χ1) is 9.95. The fourth-order valence-electron chi connectivity index (χ4n) is 1.76. The average molecular weight is 291 g/mol. The molecule has 1 amide bonds. The van der Waals surface area contributed by atoms with Crippen LogP contribution in [0.2, 0.25) is 0 Å². The van der Waals surface area contributed by atoms with Gasteiger partial charge >= 0.3 is 0 Å². The molecule has 0 atom stereocenters. The Bertz CT molecular complexity index is 411. The molecule has 0 saturated heterocycles. The van der Waals surface area contributed by atoms with Gasteiger partial charge in [0.15, 0.2) is 0 Å². The molecular formula is C18H29NO2. The maximum absolute atomic E-state index is 10.8. The van der Waals surface area contributed by atoms with E-state index in [1.807, 2.05) is 18.2 Å². The van der Waals surface area contributed by atoms with Crippen molar-refractivity contribution in [3.63, 3.8) is 0 Å². The van der Waals surface area contributed by atoms with Gasteiger partial charge in [-0.15, -0.1) is 0 Å². The number of carbonyl (C=O) groups is 2. The van der Waals surface area contributed by atoms with Crippen LogP contribution in [0.4, 0.5) is 5.69 Å². The Morgan fingerprint density at radius 1 is 1.19 bits per heavy atom. The van der Waals surface area contributed by atoms with E-state index in [-0.39, 0.29) is 5.78 Å². The quantitative estimate of drug-likeness (QED) is 0.561. The molecule has 1 aromatic rings. The van der Waals surface area contributed by atoms with Crippen molar-refractivity contribution in [2.45, 2.75) is 59.8 Å². The van der Waals surface area contributed by atoms with Gasteiger partial charge in [0.25, 0.3) is 0 Å². The zero-order chi connectivity index (χ0) is 16.1. The van der Waals surface area contributed by atoms with E-state index in [4.69, 9.17) is 0 Å². The number of benzene rings is 1. The standard InChI is InChI=1S/C14H19NO2.C4H10/c1-12(17)6-3-2-4-7-13-8-5-9-14(10-13)15-11-16;1-4(2)3/h5,8-11H,2-4,6-7H2,1H3,(H,15,16);4H,1-3H3. The molecule has 0 bridgehead atoms. The second kappa shape index (κ2) is 12.1. The van der Waals surface area contributed by atoms with E-state index in [1.165, 1.54) is 5.56 Å². The smallest absolute Gasteiger partial charge is 0.211 e. The van der Waals surface area contributed by atoms with Gasteiger partial charge in [-0.05, 0) is 49.8 Å². The van der Waals surface area contributed by atoms with Gasteiger partial charge < -0.3 is 10.1 Å². The molecule has 3 heteroatoms. The SMILES string of the molecule is CC(=O)CCCCCc1cccc(NC=O)c1.CC(C)C. The molecule has 21 heavy (non-hydrogen) atoms. The number of unbranched alkanes of at least 4 members (excludes halogenated alkanes) is 2. The number of anilines is 1. The van der Waals surface area contributed by atoms with Gasteiger partial charge in [-0.3, -0.25) is 4.79 Å². The van der Waals surface area contributed by atoms with Crippen molar-refractivity contribution in [1.82, 2.24) is 0 Å². The Morgan fingerprint density at radius 2 is 1.86 bits per heavy atom. The average Bonchev–Trinajstić information content (AvgIpc) is 2.38. The number of aryl methyl sites for hydroxylation is 1. The lowest BCUT2D eigenvalue weighted by Gasteiger charge is -2.04. The van der Waals surface area contributed by atoms with Crippen molar-refractivity contribution in [1.29, 1.82) is 0 Å². The second-order valence-electron chi connectivity index (χ2n) is 5.96. The van der Waals surface area contributed by atoms with Gasteiger partial charge in [-0.1, -0.05) is 39.3 Å². The largest absolute Gasteiger partial charge is 0.329 e. The Labute approximate surface area is 129 Å². The summed E-state index contributed by atoms with van der Waals surface area (Å²) in [6.07, 6.45) is 5.50. The molecule has 0 unspecified atom stereocenters. The lowest BCUT2D eigenvalue weighted by Crippen LogP contribution is -1.95. The summed E-state index contributed by atoms with van der Waals surface area (Å²) in [5.74, 6) is 1.10. The van der Waals surface area contributed by atoms with Crippen molar-refractivity contribution in [2.24, 2.45) is 5.92 Å². The maximum atomic E-state index is 10.8. The summed E-state index contributed by atoms with van der Waals surface area (Å²) in [6, 6.07) is 7.85. The molecule has 118 valence electrons. The van der Waals surface area contributed by atoms with Crippen LogP contribution in [0.25, 0.3) is 0 Å². The first-order valence-corrected chi connectivity index (χ1v) is 7.74. The van der Waals surface area contributed by atoms with E-state index in [9.17, 15) is 9.59 Å². The normalized spacial score (nSPS) is 9.76. The highest BCUT2D eigenvalue weighted by Gasteiger charge is 1.97. The van der Waals surface area contributed by atoms with Gasteiger partial charge in [0.05, 0.1) is 0 Å². The first-order valence-electron chi connectivity index (χ1n) is 7.74. The molecule has 0 radical (unpaired) electrons. The van der Waals surface area contributed by atoms with Crippen LogP contribution in [0.15, 0.2) is 24.3 Å². The molecule has 0 heterocycles. The predicted molar refractivity (Wildman–Crippen MR) is 89.5 cm³/mol. The van der Waals surface area contributed by atoms with E-state index in [2.05, 4.69) is 32.2 Å². The van der Waals surface area contributed by atoms with Crippen LogP contribution in [-0.2, 0) is 16.0 Å². The number of rotatable bonds is 8. The highest BCUT2D eigenvalue weighted by Crippen LogP contribution is 2.13. The lowest BCUT2D eigenvalue weighted by molar-refractivity contribution is -0.117. The molecule has 3 nitrogen and oxygen atoms in total. The van der Waals surface area contributed by atoms with E-state index < -0.39 is 0 Å². The maximum Gasteiger partial charge on any atom is 0.211 e. The zero-order valence-corrected chi connectivity index (χ0v) is 13.8. The first kappa shape index (κ1) is 19.4. The second-order valence-corrected chi connectivity index (χ2v) is 5.96. The summed E-state index contributed by atoms with van der Waals surface area (Å²) in [6.45, 7) is 8.13. The Morgan fingerprint density at radius 3 is 2.43 bits per heavy atom. The molecule has 0 aliphatic heterocycles. The monoisotopic (exact) mass is 291 g/mol. The van der Waals surface area contributed by atoms with E-state index in [1.54, 1.807) is 6.92 Å². The minimum absolute atomic E-state index is 0.266. The molecule has 1 aromatic carbocycles. The van der Waals surface area contributed by atoms with Crippen molar-refractivity contribution in [3.05, 3.63) is 29.8 Å². The number of amides is 1. The molecular weight excluding hydrogens is 262 g/mol. The van der Waals surface area contributed by atoms with Crippen molar-refractivity contribution in [3.8, 4) is 0 Å². The van der Waals surface area contributed by atoms with Crippen molar-refractivity contribution >= 4 is 17.9 Å². The van der Waals surface area contributed by atoms with E-state index >= 15 is 0 Å². The fourth-order valence-corrected chi connectivity index (χ4v) is 1.76. The van der Waals surface area contributed by atoms with Crippen LogP contribution >= 0.6 is 0 Å². The van der Waals surface area contributed by atoms with Gasteiger partial charge in [0, 0.05) is 12.1 Å². The predicted octanol–water partition coefficient (Wildman–Crippen LogP) is 4.61. The molecule has 0 aliphatic carbocycles. The molecule has 0 fully saturated rings. The highest BCUT2D eigenvalue weighted by atomic mass is 16.1. The lowest BCUT2D eigenvalue weighted by atomic mass is 10.0. The summed E-state index contributed by atoms with van der Waals surface area (Å²) in [5.41, 5.74) is 2.06. The summed E-state index contributed by atoms with van der Waals surface area (Å²) < 4.78 is 0. The van der Waals surface area contributed by atoms with Gasteiger partial charge in [0.2, 0.25) is 6.41 Å². The number of carbonyl (C=O) groups excluding carboxylic acids is 2. The molecule has 1 N–H and O–H groups in total. The minimum Gasteiger partial charge on any atom is -0.329 e. The molecule has 0 aliphatic rings. The van der Waals surface area contributed by atoms with Crippen LogP contribution in [0.1, 0.15) is 58.9 Å². The number of nitrogens with one attached hydrogen (secondary N) is 1. The third kappa shape index (κ3) is 13.1. The summed E-state index contributed by atoms with van der Waals surface area (Å²) in [4.78, 5) is 21.1. The van der Waals surface area contributed by atoms with Crippen LogP contribution in [0, 0.1) is 5.92 Å². The number of ketones is 1. The number of hydrogen-bond donors (Lipinski definition) is 1. The third-order valence-corrected chi connectivity index (χ3v) is 2.65. The van der Waals surface area contributed by atoms with Gasteiger partial charge in [-0.2, -0.15) is 0 Å². The van der Waals surface area contributed by atoms with Gasteiger partial charge in [0.1, 0.15) is 5.78 Å². The molecule has 1 rings (SSSR count). The van der Waals surface area contributed by atoms with Crippen LogP contribution in [-0.4, -0.2) is 12.2 Å². The van der Waals surface area contributed by atoms with Crippen LogP contribution < -0.4 is 5.32 Å². The Kier molecular flexibility index (Phi) is 11.2. The summed E-state index contributed by atoms with van der Waals surface area (Å²) in [5, 5.41) is 2.64.